The van der Waals surface area contributed by atoms with E-state index in [1.807, 2.05) is 6.92 Å². The molecule has 0 aliphatic rings. The number of hydrogen-bond acceptors (Lipinski definition) is 3. The van der Waals surface area contributed by atoms with E-state index in [1.165, 1.54) is 12.1 Å². The van der Waals surface area contributed by atoms with Crippen LogP contribution in [0.4, 0.5) is 13.2 Å². The van der Waals surface area contributed by atoms with E-state index in [4.69, 9.17) is 0 Å². The Hall–Kier alpha value is -1.12. The fourth-order valence-corrected chi connectivity index (χ4v) is 2.88. The smallest absolute Gasteiger partial charge is 0.387 e. The zero-order valence-electron chi connectivity index (χ0n) is 11.5. The van der Waals surface area contributed by atoms with Gasteiger partial charge in [0.2, 0.25) is 10.0 Å². The topological polar surface area (TPSA) is 66.4 Å². The molecule has 0 amide bonds. The van der Waals surface area contributed by atoms with Crippen molar-refractivity contribution in [3.8, 4) is 0 Å². The Morgan fingerprint density at radius 2 is 2.00 bits per heavy atom. The standard InChI is InChI=1S/C13H18F3NO3S/c1-2-3-7-21(19,20)17-9-12(18)10-5-4-6-11(8-10)13(14,15)16/h4-6,8,12,17-18H,2-3,7,9H2,1H3/t12-/m1/s1. The fraction of sp³-hybridized carbons (Fsp3) is 0.538. The predicted molar refractivity (Wildman–Crippen MR) is 73.1 cm³/mol. The molecule has 4 nitrogen and oxygen atoms in total. The lowest BCUT2D eigenvalue weighted by Gasteiger charge is -2.14. The van der Waals surface area contributed by atoms with Crippen molar-refractivity contribution in [3.05, 3.63) is 35.4 Å². The summed E-state index contributed by atoms with van der Waals surface area (Å²) in [6.45, 7) is 1.49. The molecule has 0 saturated heterocycles. The van der Waals surface area contributed by atoms with Crippen LogP contribution in [0.3, 0.4) is 0 Å². The second-order valence-electron chi connectivity index (χ2n) is 4.66. The summed E-state index contributed by atoms with van der Waals surface area (Å²) in [4.78, 5) is 0. The Kier molecular flexibility index (Phi) is 6.18. The molecule has 0 radical (unpaired) electrons. The molecule has 8 heteroatoms. The minimum Gasteiger partial charge on any atom is -0.387 e. The summed E-state index contributed by atoms with van der Waals surface area (Å²) in [5, 5.41) is 9.81. The highest BCUT2D eigenvalue weighted by atomic mass is 32.2. The number of benzene rings is 1. The van der Waals surface area contributed by atoms with Crippen LogP contribution in [0.2, 0.25) is 0 Å². The van der Waals surface area contributed by atoms with Gasteiger partial charge in [0, 0.05) is 6.54 Å². The SMILES string of the molecule is CCCCS(=O)(=O)NC[C@@H](O)c1cccc(C(F)(F)F)c1. The molecular weight excluding hydrogens is 307 g/mol. The quantitative estimate of drug-likeness (QED) is 0.809. The first-order valence-electron chi connectivity index (χ1n) is 6.48. The third kappa shape index (κ3) is 6.03. The van der Waals surface area contributed by atoms with Crippen molar-refractivity contribution in [1.29, 1.82) is 0 Å². The number of aliphatic hydroxyl groups is 1. The molecular formula is C13H18F3NO3S. The van der Waals surface area contributed by atoms with Crippen molar-refractivity contribution in [1.82, 2.24) is 4.72 Å². The number of hydrogen-bond donors (Lipinski definition) is 2. The van der Waals surface area contributed by atoms with E-state index in [-0.39, 0.29) is 17.9 Å². The van der Waals surface area contributed by atoms with Gasteiger partial charge in [0.15, 0.2) is 0 Å². The van der Waals surface area contributed by atoms with Crippen LogP contribution in [0.15, 0.2) is 24.3 Å². The van der Waals surface area contributed by atoms with E-state index in [0.717, 1.165) is 12.1 Å². The van der Waals surface area contributed by atoms with E-state index in [0.29, 0.717) is 12.8 Å². The lowest BCUT2D eigenvalue weighted by molar-refractivity contribution is -0.137. The summed E-state index contributed by atoms with van der Waals surface area (Å²) in [7, 11) is -3.52. The number of aliphatic hydroxyl groups excluding tert-OH is 1. The molecule has 0 spiro atoms. The first kappa shape index (κ1) is 17.9. The van der Waals surface area contributed by atoms with Crippen LogP contribution in [-0.4, -0.2) is 25.8 Å². The Morgan fingerprint density at radius 1 is 1.33 bits per heavy atom. The highest BCUT2D eigenvalue weighted by Gasteiger charge is 2.30. The van der Waals surface area contributed by atoms with E-state index < -0.39 is 27.9 Å². The second kappa shape index (κ2) is 7.24. The zero-order chi connectivity index (χ0) is 16.1. The van der Waals surface area contributed by atoms with Crippen molar-refractivity contribution < 1.29 is 26.7 Å². The number of sulfonamides is 1. The summed E-state index contributed by atoms with van der Waals surface area (Å²) in [6, 6.07) is 4.19. The fourth-order valence-electron chi connectivity index (χ4n) is 1.65. The molecule has 0 aromatic heterocycles. The molecule has 0 aliphatic carbocycles. The van der Waals surface area contributed by atoms with Gasteiger partial charge in [-0.05, 0) is 24.1 Å². The molecule has 0 bridgehead atoms. The van der Waals surface area contributed by atoms with Crippen LogP contribution in [0, 0.1) is 0 Å². The van der Waals surface area contributed by atoms with Gasteiger partial charge >= 0.3 is 6.18 Å². The van der Waals surface area contributed by atoms with Crippen LogP contribution in [0.5, 0.6) is 0 Å². The van der Waals surface area contributed by atoms with Crippen LogP contribution >= 0.6 is 0 Å². The van der Waals surface area contributed by atoms with Crippen LogP contribution in [-0.2, 0) is 16.2 Å². The summed E-state index contributed by atoms with van der Waals surface area (Å²) in [5.74, 6) is -0.0706. The molecule has 0 aliphatic heterocycles. The highest BCUT2D eigenvalue weighted by Crippen LogP contribution is 2.30. The Bertz CT molecular complexity index is 558. The molecule has 1 atom stereocenters. The lowest BCUT2D eigenvalue weighted by Crippen LogP contribution is -2.30. The van der Waals surface area contributed by atoms with E-state index in [1.54, 1.807) is 0 Å². The van der Waals surface area contributed by atoms with Crippen molar-refractivity contribution in [2.24, 2.45) is 0 Å². The highest BCUT2D eigenvalue weighted by molar-refractivity contribution is 7.89. The monoisotopic (exact) mass is 325 g/mol. The van der Waals surface area contributed by atoms with Gasteiger partial charge in [0.1, 0.15) is 0 Å². The molecule has 2 N–H and O–H groups in total. The van der Waals surface area contributed by atoms with E-state index in [2.05, 4.69) is 4.72 Å². The van der Waals surface area contributed by atoms with Crippen molar-refractivity contribution in [3.63, 3.8) is 0 Å². The third-order valence-electron chi connectivity index (χ3n) is 2.86. The number of alkyl halides is 3. The minimum absolute atomic E-state index is 0.0167. The van der Waals surface area contributed by atoms with Crippen molar-refractivity contribution >= 4 is 10.0 Å². The Morgan fingerprint density at radius 3 is 2.57 bits per heavy atom. The van der Waals surface area contributed by atoms with Gasteiger partial charge < -0.3 is 5.11 Å². The number of unbranched alkanes of at least 4 members (excludes halogenated alkanes) is 1. The first-order valence-corrected chi connectivity index (χ1v) is 8.13. The molecule has 0 saturated carbocycles. The first-order chi connectivity index (χ1) is 9.65. The van der Waals surface area contributed by atoms with Crippen molar-refractivity contribution in [2.75, 3.05) is 12.3 Å². The molecule has 1 aromatic carbocycles. The molecule has 21 heavy (non-hydrogen) atoms. The Balaban J connectivity index is 2.70. The number of rotatable bonds is 7. The number of nitrogens with one attached hydrogen (secondary N) is 1. The van der Waals surface area contributed by atoms with Gasteiger partial charge in [-0.15, -0.1) is 0 Å². The van der Waals surface area contributed by atoms with Gasteiger partial charge in [-0.2, -0.15) is 13.2 Å². The number of halogens is 3. The summed E-state index contributed by atoms with van der Waals surface area (Å²) < 4.78 is 62.9. The van der Waals surface area contributed by atoms with E-state index in [9.17, 15) is 26.7 Å². The molecule has 120 valence electrons. The van der Waals surface area contributed by atoms with Crippen LogP contribution in [0.25, 0.3) is 0 Å². The largest absolute Gasteiger partial charge is 0.416 e. The molecule has 0 heterocycles. The average molecular weight is 325 g/mol. The molecule has 1 rings (SSSR count). The van der Waals surface area contributed by atoms with Gasteiger partial charge in [0.05, 0.1) is 17.4 Å². The van der Waals surface area contributed by atoms with Gasteiger partial charge in [-0.1, -0.05) is 25.5 Å². The molecule has 0 fully saturated rings. The van der Waals surface area contributed by atoms with E-state index >= 15 is 0 Å². The maximum absolute atomic E-state index is 12.6. The van der Waals surface area contributed by atoms with Gasteiger partial charge in [-0.25, -0.2) is 13.1 Å². The zero-order valence-corrected chi connectivity index (χ0v) is 12.3. The maximum Gasteiger partial charge on any atom is 0.416 e. The average Bonchev–Trinajstić information content (AvgIpc) is 2.42. The Labute approximate surface area is 122 Å². The van der Waals surface area contributed by atoms with Crippen LogP contribution < -0.4 is 4.72 Å². The van der Waals surface area contributed by atoms with Crippen LogP contribution in [0.1, 0.15) is 37.0 Å². The summed E-state index contributed by atoms with van der Waals surface area (Å²) in [6.07, 6.45) is -4.65. The molecule has 0 unspecified atom stereocenters. The van der Waals surface area contributed by atoms with Gasteiger partial charge in [-0.3, -0.25) is 0 Å². The lowest BCUT2D eigenvalue weighted by atomic mass is 10.1. The second-order valence-corrected chi connectivity index (χ2v) is 6.59. The summed E-state index contributed by atoms with van der Waals surface area (Å²) in [5.41, 5.74) is -0.865. The van der Waals surface area contributed by atoms with Crippen molar-refractivity contribution in [2.45, 2.75) is 32.0 Å². The normalized spacial score (nSPS) is 14.1. The third-order valence-corrected chi connectivity index (χ3v) is 4.29. The minimum atomic E-state index is -4.50. The van der Waals surface area contributed by atoms with Gasteiger partial charge in [0.25, 0.3) is 0 Å². The summed E-state index contributed by atoms with van der Waals surface area (Å²) >= 11 is 0. The molecule has 1 aromatic rings. The predicted octanol–water partition coefficient (Wildman–Crippen LogP) is 2.46. The maximum atomic E-state index is 12.6.